The van der Waals surface area contributed by atoms with Gasteiger partial charge in [-0.2, -0.15) is 5.26 Å². The molecule has 2 fully saturated rings. The third kappa shape index (κ3) is 4.76. The van der Waals surface area contributed by atoms with Crippen LogP contribution in [0.25, 0.3) is 5.65 Å². The molecule has 0 radical (unpaired) electrons. The van der Waals surface area contributed by atoms with Crippen LogP contribution in [0.5, 0.6) is 0 Å². The summed E-state index contributed by atoms with van der Waals surface area (Å²) in [4.78, 5) is 23.0. The van der Waals surface area contributed by atoms with Gasteiger partial charge in [-0.1, -0.05) is 12.1 Å². The fourth-order valence-corrected chi connectivity index (χ4v) is 6.43. The highest BCUT2D eigenvalue weighted by atomic mass is 16.1. The summed E-state index contributed by atoms with van der Waals surface area (Å²) in [7, 11) is 4.12. The number of benzene rings is 1. The fourth-order valence-electron chi connectivity index (χ4n) is 6.43. The number of rotatable bonds is 7. The average molecular weight is 538 g/mol. The predicted octanol–water partition coefficient (Wildman–Crippen LogP) is 3.46. The topological polar surface area (TPSA) is 107 Å². The molecule has 1 N–H and O–H groups in total. The summed E-state index contributed by atoms with van der Waals surface area (Å²) in [6.45, 7) is 6.06. The van der Waals surface area contributed by atoms with Crippen molar-refractivity contribution < 1.29 is 4.79 Å². The minimum atomic E-state index is -0.330. The molecule has 1 aliphatic heterocycles. The number of hydrogen-bond donors (Lipinski definition) is 1. The standard InChI is InChI=1S/C30H35N9O/c1-21-17-38(12-11-36(21)2)18-23-13-26(27-32-9-10-39(27)19-23)28(40)34-25-6-4-5-24(14-25)30(15-22(16-30)7-8-31)29-35-33-20-37(29)3/h4-6,9-10,13-14,19-22H,7,11-12,15-18H2,1-3H3,(H,34,40)/t21-,22?,30?/m1/s1. The van der Waals surface area contributed by atoms with Crippen LogP contribution in [0, 0.1) is 17.2 Å². The van der Waals surface area contributed by atoms with Gasteiger partial charge in [-0.05, 0) is 62.1 Å². The lowest BCUT2D eigenvalue weighted by molar-refractivity contribution is 0.0995. The molecule has 0 unspecified atom stereocenters. The number of aromatic nitrogens is 5. The van der Waals surface area contributed by atoms with Crippen LogP contribution in [0.1, 0.15) is 53.5 Å². The Kier molecular flexibility index (Phi) is 6.86. The SMILES string of the molecule is C[C@@H]1CN(Cc2cc(C(=O)Nc3cccc(C4(c5nncn5C)CC(CC#N)C4)c3)c3nccn3c2)CCN1C. The molecule has 1 saturated carbocycles. The highest BCUT2D eigenvalue weighted by molar-refractivity contribution is 6.08. The molecule has 1 amide bonds. The Morgan fingerprint density at radius 3 is 2.83 bits per heavy atom. The van der Waals surface area contributed by atoms with E-state index in [9.17, 15) is 10.1 Å². The van der Waals surface area contributed by atoms with Crippen LogP contribution in [-0.4, -0.2) is 72.6 Å². The molecule has 206 valence electrons. The fraction of sp³-hybridized carbons (Fsp3) is 0.433. The van der Waals surface area contributed by atoms with E-state index in [2.05, 4.69) is 62.6 Å². The molecule has 0 spiro atoms. The van der Waals surface area contributed by atoms with E-state index in [4.69, 9.17) is 0 Å². The Morgan fingerprint density at radius 1 is 1.23 bits per heavy atom. The van der Waals surface area contributed by atoms with Crippen LogP contribution in [-0.2, 0) is 19.0 Å². The molecule has 1 saturated heterocycles. The lowest BCUT2D eigenvalue weighted by Gasteiger charge is -2.46. The lowest BCUT2D eigenvalue weighted by Crippen LogP contribution is -2.49. The minimum Gasteiger partial charge on any atom is -0.322 e. The third-order valence-electron chi connectivity index (χ3n) is 8.71. The smallest absolute Gasteiger partial charge is 0.259 e. The predicted molar refractivity (Wildman–Crippen MR) is 152 cm³/mol. The van der Waals surface area contributed by atoms with Gasteiger partial charge >= 0.3 is 0 Å². The van der Waals surface area contributed by atoms with Crippen molar-refractivity contribution >= 4 is 17.2 Å². The molecule has 4 heterocycles. The molecule has 6 rings (SSSR count). The normalized spacial score (nSPS) is 23.6. The van der Waals surface area contributed by atoms with Crippen LogP contribution < -0.4 is 5.32 Å². The largest absolute Gasteiger partial charge is 0.322 e. The second-order valence-corrected chi connectivity index (χ2v) is 11.5. The first kappa shape index (κ1) is 26.2. The molecule has 10 nitrogen and oxygen atoms in total. The van der Waals surface area contributed by atoms with Gasteiger partial charge in [0.25, 0.3) is 5.91 Å². The molecule has 2 aliphatic rings. The number of piperazine rings is 1. The maximum Gasteiger partial charge on any atom is 0.259 e. The Hall–Kier alpha value is -4.07. The highest BCUT2D eigenvalue weighted by Gasteiger charge is 2.49. The van der Waals surface area contributed by atoms with E-state index in [0.717, 1.165) is 61.7 Å². The number of nitrogens with one attached hydrogen (secondary N) is 1. The van der Waals surface area contributed by atoms with Gasteiger partial charge in [0.05, 0.1) is 17.0 Å². The zero-order valence-corrected chi connectivity index (χ0v) is 23.3. The van der Waals surface area contributed by atoms with Crippen molar-refractivity contribution in [1.82, 2.24) is 33.9 Å². The Balaban J connectivity index is 1.26. The zero-order valence-electron chi connectivity index (χ0n) is 23.3. The van der Waals surface area contributed by atoms with Gasteiger partial charge in [0.15, 0.2) is 0 Å². The number of carbonyl (C=O) groups excluding carboxylic acids is 1. The van der Waals surface area contributed by atoms with E-state index in [1.165, 1.54) is 0 Å². The summed E-state index contributed by atoms with van der Waals surface area (Å²) >= 11 is 0. The number of pyridine rings is 1. The van der Waals surface area contributed by atoms with Crippen LogP contribution in [0.15, 0.2) is 55.2 Å². The molecular formula is C30H35N9O. The molecule has 0 bridgehead atoms. The average Bonchev–Trinajstić information content (AvgIpc) is 3.57. The van der Waals surface area contributed by atoms with Gasteiger partial charge in [-0.25, -0.2) is 4.98 Å². The Morgan fingerprint density at radius 2 is 2.08 bits per heavy atom. The van der Waals surface area contributed by atoms with Gasteiger partial charge in [0.2, 0.25) is 0 Å². The van der Waals surface area contributed by atoms with Gasteiger partial charge in [0, 0.05) is 70.0 Å². The second-order valence-electron chi connectivity index (χ2n) is 11.5. The van der Waals surface area contributed by atoms with Crippen molar-refractivity contribution in [2.45, 2.75) is 44.2 Å². The number of nitriles is 1. The van der Waals surface area contributed by atoms with E-state index in [0.29, 0.717) is 29.6 Å². The van der Waals surface area contributed by atoms with Gasteiger partial charge < -0.3 is 19.2 Å². The van der Waals surface area contributed by atoms with E-state index in [1.807, 2.05) is 46.5 Å². The number of imidazole rings is 1. The number of carbonyl (C=O) groups is 1. The van der Waals surface area contributed by atoms with Crippen molar-refractivity contribution in [3.8, 4) is 6.07 Å². The molecule has 1 aliphatic carbocycles. The molecule has 40 heavy (non-hydrogen) atoms. The first-order valence-electron chi connectivity index (χ1n) is 13.9. The maximum atomic E-state index is 13.7. The van der Waals surface area contributed by atoms with E-state index < -0.39 is 0 Å². The number of hydrogen-bond acceptors (Lipinski definition) is 7. The van der Waals surface area contributed by atoms with Crippen molar-refractivity contribution in [3.05, 3.63) is 77.8 Å². The van der Waals surface area contributed by atoms with Crippen LogP contribution in [0.2, 0.25) is 0 Å². The van der Waals surface area contributed by atoms with Crippen molar-refractivity contribution in [1.29, 1.82) is 5.26 Å². The molecule has 3 aromatic heterocycles. The van der Waals surface area contributed by atoms with Crippen LogP contribution in [0.4, 0.5) is 5.69 Å². The Labute approximate surface area is 234 Å². The summed E-state index contributed by atoms with van der Waals surface area (Å²) in [6, 6.07) is 12.8. The molecule has 1 aromatic carbocycles. The number of likely N-dealkylation sites (N-methyl/N-ethyl adjacent to an activating group) is 1. The van der Waals surface area contributed by atoms with Gasteiger partial charge in [0.1, 0.15) is 17.8 Å². The van der Waals surface area contributed by atoms with Gasteiger partial charge in [-0.15, -0.1) is 10.2 Å². The van der Waals surface area contributed by atoms with Crippen LogP contribution in [0.3, 0.4) is 0 Å². The van der Waals surface area contributed by atoms with E-state index >= 15 is 0 Å². The minimum absolute atomic E-state index is 0.189. The number of aryl methyl sites for hydroxylation is 1. The monoisotopic (exact) mass is 537 g/mol. The first-order valence-corrected chi connectivity index (χ1v) is 13.9. The lowest BCUT2D eigenvalue weighted by atomic mass is 9.57. The second kappa shape index (κ2) is 10.5. The molecule has 4 aromatic rings. The number of amides is 1. The van der Waals surface area contributed by atoms with Crippen molar-refractivity contribution in [2.24, 2.45) is 13.0 Å². The number of anilines is 1. The zero-order chi connectivity index (χ0) is 27.9. The number of fused-ring (bicyclic) bond motifs is 1. The Bertz CT molecular complexity index is 1580. The summed E-state index contributed by atoms with van der Waals surface area (Å²) in [5.74, 6) is 1.01. The number of nitrogens with zero attached hydrogens (tertiary/aromatic N) is 8. The van der Waals surface area contributed by atoms with Crippen molar-refractivity contribution in [2.75, 3.05) is 32.0 Å². The van der Waals surface area contributed by atoms with Crippen LogP contribution >= 0.6 is 0 Å². The van der Waals surface area contributed by atoms with E-state index in [-0.39, 0.29) is 11.3 Å². The molecular weight excluding hydrogens is 502 g/mol. The maximum absolute atomic E-state index is 13.7. The van der Waals surface area contributed by atoms with E-state index in [1.54, 1.807) is 12.5 Å². The quantitative estimate of drug-likeness (QED) is 0.385. The summed E-state index contributed by atoms with van der Waals surface area (Å²) in [6.07, 6.45) is 9.58. The highest BCUT2D eigenvalue weighted by Crippen LogP contribution is 2.53. The van der Waals surface area contributed by atoms with Crippen molar-refractivity contribution in [3.63, 3.8) is 0 Å². The first-order chi connectivity index (χ1) is 19.4. The summed E-state index contributed by atoms with van der Waals surface area (Å²) in [5.41, 5.74) is 3.73. The molecule has 10 heteroatoms. The summed E-state index contributed by atoms with van der Waals surface area (Å²) < 4.78 is 3.89. The van der Waals surface area contributed by atoms with Gasteiger partial charge in [-0.3, -0.25) is 9.69 Å². The summed E-state index contributed by atoms with van der Waals surface area (Å²) in [5, 5.41) is 20.9. The third-order valence-corrected chi connectivity index (χ3v) is 8.71. The molecule has 1 atom stereocenters.